The van der Waals surface area contributed by atoms with Gasteiger partial charge in [-0.3, -0.25) is 4.79 Å². The second-order valence-corrected chi connectivity index (χ2v) is 9.04. The highest BCUT2D eigenvalue weighted by molar-refractivity contribution is 6.31. The summed E-state index contributed by atoms with van der Waals surface area (Å²) in [7, 11) is 0. The van der Waals surface area contributed by atoms with E-state index in [-0.39, 0.29) is 40.5 Å². The van der Waals surface area contributed by atoms with Gasteiger partial charge in [0.15, 0.2) is 0 Å². The zero-order chi connectivity index (χ0) is 26.8. The summed E-state index contributed by atoms with van der Waals surface area (Å²) in [5.74, 6) is -2.41. The van der Waals surface area contributed by atoms with Gasteiger partial charge in [0, 0.05) is 0 Å². The average molecular weight is 531 g/mol. The second kappa shape index (κ2) is 10.4. The van der Waals surface area contributed by atoms with E-state index in [2.05, 4.69) is 0 Å². The zero-order valence-corrected chi connectivity index (χ0v) is 19.8. The van der Waals surface area contributed by atoms with Crippen LogP contribution < -0.4 is 4.74 Å². The Bertz CT molecular complexity index is 1250. The van der Waals surface area contributed by atoms with Crippen molar-refractivity contribution in [1.29, 1.82) is 0 Å². The minimum absolute atomic E-state index is 0.0275. The monoisotopic (exact) mass is 530 g/mol. The van der Waals surface area contributed by atoms with Gasteiger partial charge in [-0.15, -0.1) is 0 Å². The Morgan fingerprint density at radius 3 is 2.17 bits per heavy atom. The average Bonchev–Trinajstić information content (AvgIpc) is 2.76. The van der Waals surface area contributed by atoms with Crippen molar-refractivity contribution in [2.45, 2.75) is 38.5 Å². The molecule has 0 amide bonds. The predicted molar refractivity (Wildman–Crippen MR) is 123 cm³/mol. The molecule has 0 aliphatic carbocycles. The van der Waals surface area contributed by atoms with Crippen LogP contribution in [0.25, 0.3) is 11.1 Å². The molecule has 3 rings (SSSR count). The van der Waals surface area contributed by atoms with Crippen molar-refractivity contribution in [3.8, 4) is 22.6 Å². The van der Waals surface area contributed by atoms with Gasteiger partial charge in [0.25, 0.3) is 0 Å². The first-order valence-electron chi connectivity index (χ1n) is 10.7. The van der Waals surface area contributed by atoms with Crippen molar-refractivity contribution in [3.05, 3.63) is 82.4 Å². The van der Waals surface area contributed by atoms with Crippen LogP contribution >= 0.6 is 11.6 Å². The van der Waals surface area contributed by atoms with Crippen molar-refractivity contribution >= 4 is 17.6 Å². The molecule has 0 aromatic heterocycles. The Morgan fingerprint density at radius 2 is 1.58 bits per heavy atom. The normalized spacial score (nSPS) is 13.1. The standard InChI is InChI=1S/C26H21ClF6O3/c1-14(2)8-21(24(34)35)17-9-16(15-6-7-23(27)22(12-15)26(31,32)33)10-20(11-17)36-19-5-3-4-18(13-19)25(28,29)30/h3-7,9-14,21H,8H2,1-2H3,(H,34,35). The third-order valence-electron chi connectivity index (χ3n) is 5.34. The second-order valence-electron chi connectivity index (χ2n) is 8.63. The Morgan fingerprint density at radius 1 is 0.889 bits per heavy atom. The molecular weight excluding hydrogens is 510 g/mol. The summed E-state index contributed by atoms with van der Waals surface area (Å²) >= 11 is 5.72. The first-order valence-corrected chi connectivity index (χ1v) is 11.1. The Labute approximate surface area is 208 Å². The summed E-state index contributed by atoms with van der Waals surface area (Å²) in [6, 6.07) is 11.4. The Hall–Kier alpha value is -3.20. The maximum atomic E-state index is 13.4. The number of carbonyl (C=O) groups is 1. The molecule has 3 aromatic carbocycles. The molecule has 0 heterocycles. The number of rotatable bonds is 7. The molecule has 36 heavy (non-hydrogen) atoms. The number of hydrogen-bond acceptors (Lipinski definition) is 2. The molecule has 0 saturated carbocycles. The van der Waals surface area contributed by atoms with Crippen LogP contribution in [-0.4, -0.2) is 11.1 Å². The highest BCUT2D eigenvalue weighted by Crippen LogP contribution is 2.40. The fourth-order valence-electron chi connectivity index (χ4n) is 3.69. The van der Waals surface area contributed by atoms with E-state index in [9.17, 15) is 36.2 Å². The first-order chi connectivity index (χ1) is 16.6. The van der Waals surface area contributed by atoms with Crippen LogP contribution in [0, 0.1) is 5.92 Å². The summed E-state index contributed by atoms with van der Waals surface area (Å²) in [5, 5.41) is 9.29. The molecular formula is C26H21ClF6O3. The van der Waals surface area contributed by atoms with Gasteiger partial charge in [0.2, 0.25) is 0 Å². The lowest BCUT2D eigenvalue weighted by Gasteiger charge is -2.19. The van der Waals surface area contributed by atoms with Crippen molar-refractivity contribution in [2.24, 2.45) is 5.92 Å². The quantitative estimate of drug-likeness (QED) is 0.310. The Balaban J connectivity index is 2.16. The third-order valence-corrected chi connectivity index (χ3v) is 5.67. The summed E-state index contributed by atoms with van der Waals surface area (Å²) in [5.41, 5.74) is -1.53. The van der Waals surface area contributed by atoms with E-state index in [1.165, 1.54) is 30.3 Å². The van der Waals surface area contributed by atoms with Crippen LogP contribution in [0.4, 0.5) is 26.3 Å². The first kappa shape index (κ1) is 27.4. The lowest BCUT2D eigenvalue weighted by Crippen LogP contribution is -2.14. The van der Waals surface area contributed by atoms with Gasteiger partial charge in [-0.2, -0.15) is 26.3 Å². The van der Waals surface area contributed by atoms with Crippen LogP contribution in [0.3, 0.4) is 0 Å². The van der Waals surface area contributed by atoms with Crippen molar-refractivity contribution in [2.75, 3.05) is 0 Å². The van der Waals surface area contributed by atoms with E-state index in [0.717, 1.165) is 30.3 Å². The van der Waals surface area contributed by atoms with Crippen LogP contribution in [0.5, 0.6) is 11.5 Å². The van der Waals surface area contributed by atoms with Gasteiger partial charge in [0.1, 0.15) is 11.5 Å². The number of benzene rings is 3. The van der Waals surface area contributed by atoms with E-state index in [1.54, 1.807) is 0 Å². The van der Waals surface area contributed by atoms with Crippen LogP contribution in [0.2, 0.25) is 5.02 Å². The molecule has 1 N–H and O–H groups in total. The molecule has 1 atom stereocenters. The van der Waals surface area contributed by atoms with Gasteiger partial charge in [-0.05, 0) is 71.5 Å². The number of ether oxygens (including phenoxy) is 1. The van der Waals surface area contributed by atoms with Crippen molar-refractivity contribution < 1.29 is 41.0 Å². The van der Waals surface area contributed by atoms with E-state index in [1.807, 2.05) is 13.8 Å². The minimum Gasteiger partial charge on any atom is -0.481 e. The van der Waals surface area contributed by atoms with Gasteiger partial charge in [-0.1, -0.05) is 43.6 Å². The molecule has 0 aliphatic rings. The van der Waals surface area contributed by atoms with Gasteiger partial charge >= 0.3 is 18.3 Å². The van der Waals surface area contributed by atoms with Crippen LogP contribution in [0.15, 0.2) is 60.7 Å². The molecule has 0 bridgehead atoms. The molecule has 3 nitrogen and oxygen atoms in total. The van der Waals surface area contributed by atoms with Crippen molar-refractivity contribution in [1.82, 2.24) is 0 Å². The number of hydrogen-bond donors (Lipinski definition) is 1. The molecule has 0 aliphatic heterocycles. The van der Waals surface area contributed by atoms with Crippen LogP contribution in [0.1, 0.15) is 42.9 Å². The topological polar surface area (TPSA) is 46.5 Å². The largest absolute Gasteiger partial charge is 0.481 e. The lowest BCUT2D eigenvalue weighted by atomic mass is 9.88. The number of aliphatic carboxylic acids is 1. The van der Waals surface area contributed by atoms with E-state index in [0.29, 0.717) is 0 Å². The van der Waals surface area contributed by atoms with Crippen LogP contribution in [-0.2, 0) is 17.1 Å². The molecule has 0 radical (unpaired) electrons. The maximum Gasteiger partial charge on any atom is 0.417 e. The molecule has 1 unspecified atom stereocenters. The molecule has 3 aromatic rings. The fraction of sp³-hybridized carbons (Fsp3) is 0.269. The number of carboxylic acids is 1. The smallest absolute Gasteiger partial charge is 0.417 e. The fourth-order valence-corrected chi connectivity index (χ4v) is 3.92. The third kappa shape index (κ3) is 6.72. The summed E-state index contributed by atoms with van der Waals surface area (Å²) in [6.45, 7) is 3.63. The summed E-state index contributed by atoms with van der Waals surface area (Å²) in [6.07, 6.45) is -9.13. The SMILES string of the molecule is CC(C)CC(C(=O)O)c1cc(Oc2cccc(C(F)(F)F)c2)cc(-c2ccc(Cl)c(C(F)(F)F)c2)c1. The van der Waals surface area contributed by atoms with Gasteiger partial charge < -0.3 is 9.84 Å². The summed E-state index contributed by atoms with van der Waals surface area (Å²) < 4.78 is 85.2. The lowest BCUT2D eigenvalue weighted by molar-refractivity contribution is -0.139. The highest BCUT2D eigenvalue weighted by atomic mass is 35.5. The van der Waals surface area contributed by atoms with E-state index in [4.69, 9.17) is 16.3 Å². The molecule has 0 fully saturated rings. The van der Waals surface area contributed by atoms with Crippen molar-refractivity contribution in [3.63, 3.8) is 0 Å². The maximum absolute atomic E-state index is 13.4. The number of halogens is 7. The van der Waals surface area contributed by atoms with Gasteiger partial charge in [-0.25, -0.2) is 0 Å². The molecule has 0 saturated heterocycles. The molecule has 10 heteroatoms. The highest BCUT2D eigenvalue weighted by Gasteiger charge is 2.34. The Kier molecular flexibility index (Phi) is 7.93. The molecule has 0 spiro atoms. The van der Waals surface area contributed by atoms with Gasteiger partial charge in [0.05, 0.1) is 22.1 Å². The van der Waals surface area contributed by atoms with E-state index < -0.39 is 40.4 Å². The number of alkyl halides is 6. The minimum atomic E-state index is -4.73. The summed E-state index contributed by atoms with van der Waals surface area (Å²) in [4.78, 5) is 12.0. The zero-order valence-electron chi connectivity index (χ0n) is 19.0. The number of carboxylic acid groups (broad SMARTS) is 1. The van der Waals surface area contributed by atoms with E-state index >= 15 is 0 Å². The predicted octanol–water partition coefficient (Wildman–Crippen LogP) is 9.05. The molecule has 192 valence electrons.